The van der Waals surface area contributed by atoms with Gasteiger partial charge in [0.15, 0.2) is 0 Å². The number of hydrogen-bond donors (Lipinski definition) is 2. The highest BCUT2D eigenvalue weighted by Gasteiger charge is 2.27. The molecule has 0 fully saturated rings. The van der Waals surface area contributed by atoms with Crippen LogP contribution in [-0.4, -0.2) is 33.8 Å². The third-order valence-corrected chi connectivity index (χ3v) is 2.30. The molecule has 0 aromatic carbocycles. The smallest absolute Gasteiger partial charge is 0.230 e. The van der Waals surface area contributed by atoms with E-state index in [9.17, 15) is 14.7 Å². The molecular weight excluding hydrogens is 208 g/mol. The molecule has 0 aliphatic rings. The predicted molar refractivity (Wildman–Crippen MR) is 57.8 cm³/mol. The second-order valence-electron chi connectivity index (χ2n) is 3.43. The summed E-state index contributed by atoms with van der Waals surface area (Å²) in [6.07, 6.45) is 2.18. The second-order valence-corrected chi connectivity index (χ2v) is 3.43. The zero-order valence-corrected chi connectivity index (χ0v) is 8.96. The summed E-state index contributed by atoms with van der Waals surface area (Å²) < 4.78 is 0. The van der Waals surface area contributed by atoms with Crippen LogP contribution >= 0.6 is 0 Å². The van der Waals surface area contributed by atoms with Crippen molar-refractivity contribution in [3.63, 3.8) is 0 Å². The summed E-state index contributed by atoms with van der Waals surface area (Å²) in [7, 11) is 0. The monoisotopic (exact) mass is 222 g/mol. The van der Waals surface area contributed by atoms with Crippen LogP contribution in [0.1, 0.15) is 23.7 Å². The first-order valence-electron chi connectivity index (χ1n) is 5.00. The Labute approximate surface area is 93.3 Å². The second kappa shape index (κ2) is 5.48. The molecule has 0 saturated carbocycles. The maximum absolute atomic E-state index is 11.6. The number of carbonyl (C=O) groups excluding carboxylic acids is 2. The molecule has 1 aromatic rings. The number of ketones is 2. The first kappa shape index (κ1) is 12.5. The lowest BCUT2D eigenvalue weighted by atomic mass is 9.98. The first-order valence-corrected chi connectivity index (χ1v) is 5.00. The molecule has 0 spiro atoms. The van der Waals surface area contributed by atoms with Gasteiger partial charge in [-0.25, -0.2) is 0 Å². The first-order chi connectivity index (χ1) is 7.57. The van der Waals surface area contributed by atoms with Crippen LogP contribution in [0.5, 0.6) is 0 Å². The van der Waals surface area contributed by atoms with Crippen LogP contribution in [0.2, 0.25) is 0 Å². The molecule has 0 saturated heterocycles. The Morgan fingerprint density at radius 1 is 1.44 bits per heavy atom. The third-order valence-electron chi connectivity index (χ3n) is 2.30. The molecule has 3 N–H and O–H groups in total. The van der Waals surface area contributed by atoms with Gasteiger partial charge in [-0.05, 0) is 18.6 Å². The Morgan fingerprint density at radius 3 is 2.50 bits per heavy atom. The van der Waals surface area contributed by atoms with Crippen molar-refractivity contribution in [3.05, 3.63) is 30.1 Å². The molecule has 5 nitrogen and oxygen atoms in total. The maximum Gasteiger partial charge on any atom is 0.230 e. The Hall–Kier alpha value is -1.59. The van der Waals surface area contributed by atoms with E-state index in [4.69, 9.17) is 5.73 Å². The Bertz CT molecular complexity index is 378. The number of carbonyl (C=O) groups is 2. The maximum atomic E-state index is 11.6. The molecule has 2 atom stereocenters. The molecule has 2 unspecified atom stereocenters. The summed E-state index contributed by atoms with van der Waals surface area (Å²) in [4.78, 5) is 27.0. The van der Waals surface area contributed by atoms with Crippen LogP contribution in [0.3, 0.4) is 0 Å². The largest absolute Gasteiger partial charge is 0.391 e. The quantitative estimate of drug-likeness (QED) is 0.537. The summed E-state index contributed by atoms with van der Waals surface area (Å²) in [5.74, 6) is -1.47. The molecule has 0 bridgehead atoms. The number of aliphatic hydroxyl groups excluding tert-OH is 1. The number of nitrogens with two attached hydrogens (primary N) is 1. The molecular formula is C11H14N2O3. The van der Waals surface area contributed by atoms with Crippen molar-refractivity contribution in [1.29, 1.82) is 0 Å². The SMILES string of the molecule is CCC(O)C(N)C(=O)C(=O)c1ccncc1. The van der Waals surface area contributed by atoms with Gasteiger partial charge >= 0.3 is 0 Å². The molecule has 1 aromatic heterocycles. The lowest BCUT2D eigenvalue weighted by molar-refractivity contribution is -0.118. The Balaban J connectivity index is 2.79. The fourth-order valence-corrected chi connectivity index (χ4v) is 1.23. The van der Waals surface area contributed by atoms with Gasteiger partial charge in [-0.2, -0.15) is 0 Å². The van der Waals surface area contributed by atoms with Gasteiger partial charge in [0.1, 0.15) is 0 Å². The summed E-state index contributed by atoms with van der Waals surface area (Å²) in [5, 5.41) is 9.38. The van der Waals surface area contributed by atoms with E-state index in [2.05, 4.69) is 4.98 Å². The Kier molecular flexibility index (Phi) is 4.28. The minimum absolute atomic E-state index is 0.235. The van der Waals surface area contributed by atoms with E-state index in [0.717, 1.165) is 0 Å². The molecule has 0 amide bonds. The van der Waals surface area contributed by atoms with Crippen LogP contribution < -0.4 is 5.73 Å². The van der Waals surface area contributed by atoms with Crippen molar-refractivity contribution in [2.24, 2.45) is 5.73 Å². The molecule has 1 rings (SSSR count). The van der Waals surface area contributed by atoms with E-state index in [0.29, 0.717) is 6.42 Å². The van der Waals surface area contributed by atoms with E-state index in [1.165, 1.54) is 24.5 Å². The van der Waals surface area contributed by atoms with Gasteiger partial charge in [0.25, 0.3) is 0 Å². The minimum Gasteiger partial charge on any atom is -0.391 e. The zero-order chi connectivity index (χ0) is 12.1. The van der Waals surface area contributed by atoms with Crippen LogP contribution in [0, 0.1) is 0 Å². The Morgan fingerprint density at radius 2 is 2.00 bits per heavy atom. The summed E-state index contributed by atoms with van der Waals surface area (Å²) in [6.45, 7) is 1.69. The van der Waals surface area contributed by atoms with Gasteiger partial charge in [-0.15, -0.1) is 0 Å². The molecule has 0 aliphatic heterocycles. The van der Waals surface area contributed by atoms with Crippen molar-refractivity contribution in [1.82, 2.24) is 4.98 Å². The zero-order valence-electron chi connectivity index (χ0n) is 8.96. The third kappa shape index (κ3) is 2.71. The number of pyridine rings is 1. The van der Waals surface area contributed by atoms with Crippen molar-refractivity contribution < 1.29 is 14.7 Å². The molecule has 0 aliphatic carbocycles. The van der Waals surface area contributed by atoms with Crippen LogP contribution in [0.15, 0.2) is 24.5 Å². The summed E-state index contributed by atoms with van der Waals surface area (Å²) >= 11 is 0. The fraction of sp³-hybridized carbons (Fsp3) is 0.364. The van der Waals surface area contributed by atoms with Gasteiger partial charge in [-0.1, -0.05) is 6.92 Å². The summed E-state index contributed by atoms with van der Waals surface area (Å²) in [5.41, 5.74) is 5.71. The summed E-state index contributed by atoms with van der Waals surface area (Å²) in [6, 6.07) is 1.71. The number of nitrogens with zero attached hydrogens (tertiary/aromatic N) is 1. The van der Waals surface area contributed by atoms with Gasteiger partial charge < -0.3 is 10.8 Å². The fourth-order valence-electron chi connectivity index (χ4n) is 1.23. The highest BCUT2D eigenvalue weighted by atomic mass is 16.3. The van der Waals surface area contributed by atoms with Crippen LogP contribution in [0.4, 0.5) is 0 Å². The average molecular weight is 222 g/mol. The van der Waals surface area contributed by atoms with E-state index < -0.39 is 23.7 Å². The highest BCUT2D eigenvalue weighted by Crippen LogP contribution is 2.04. The number of hydrogen-bond acceptors (Lipinski definition) is 5. The van der Waals surface area contributed by atoms with Crippen LogP contribution in [0.25, 0.3) is 0 Å². The normalized spacial score (nSPS) is 14.2. The molecule has 86 valence electrons. The van der Waals surface area contributed by atoms with Gasteiger partial charge in [0.2, 0.25) is 11.6 Å². The van der Waals surface area contributed by atoms with Gasteiger partial charge in [0, 0.05) is 18.0 Å². The minimum atomic E-state index is -1.16. The molecule has 0 radical (unpaired) electrons. The van der Waals surface area contributed by atoms with Crippen molar-refractivity contribution in [3.8, 4) is 0 Å². The highest BCUT2D eigenvalue weighted by molar-refractivity contribution is 6.45. The van der Waals surface area contributed by atoms with Gasteiger partial charge in [-0.3, -0.25) is 14.6 Å². The van der Waals surface area contributed by atoms with Crippen molar-refractivity contribution >= 4 is 11.6 Å². The van der Waals surface area contributed by atoms with Crippen molar-refractivity contribution in [2.45, 2.75) is 25.5 Å². The lowest BCUT2D eigenvalue weighted by Crippen LogP contribution is -2.45. The van der Waals surface area contributed by atoms with E-state index in [1.807, 2.05) is 0 Å². The van der Waals surface area contributed by atoms with E-state index in [1.54, 1.807) is 6.92 Å². The number of aliphatic hydroxyl groups is 1. The molecule has 1 heterocycles. The number of Topliss-reactive ketones (excluding diaryl/α,β-unsaturated/α-hetero) is 2. The van der Waals surface area contributed by atoms with Crippen molar-refractivity contribution in [2.75, 3.05) is 0 Å². The number of aromatic nitrogens is 1. The van der Waals surface area contributed by atoms with Crippen LogP contribution in [-0.2, 0) is 4.79 Å². The average Bonchev–Trinajstić information content (AvgIpc) is 2.36. The van der Waals surface area contributed by atoms with E-state index >= 15 is 0 Å². The predicted octanol–water partition coefficient (Wildman–Crippen LogP) is -0.0684. The van der Waals surface area contributed by atoms with Gasteiger partial charge in [0.05, 0.1) is 12.1 Å². The standard InChI is InChI=1S/C11H14N2O3/c1-2-8(14)9(12)11(16)10(15)7-3-5-13-6-4-7/h3-6,8-9,14H,2,12H2,1H3. The topological polar surface area (TPSA) is 93.3 Å². The molecule has 16 heavy (non-hydrogen) atoms. The van der Waals surface area contributed by atoms with E-state index in [-0.39, 0.29) is 5.56 Å². The molecule has 5 heteroatoms. The number of rotatable bonds is 5. The lowest BCUT2D eigenvalue weighted by Gasteiger charge is -2.14.